The van der Waals surface area contributed by atoms with E-state index in [4.69, 9.17) is 15.0 Å². The van der Waals surface area contributed by atoms with Crippen LogP contribution in [0, 0.1) is 26.7 Å². The Hall–Kier alpha value is -0.840. The van der Waals surface area contributed by atoms with Crippen molar-refractivity contribution in [1.82, 2.24) is 5.43 Å². The van der Waals surface area contributed by atoms with Crippen LogP contribution in [0.2, 0.25) is 0 Å². The highest BCUT2D eigenvalue weighted by Gasteiger charge is 2.24. The molecule has 0 fully saturated rings. The van der Waals surface area contributed by atoms with Gasteiger partial charge in [-0.25, -0.2) is 0 Å². The van der Waals surface area contributed by atoms with Crippen molar-refractivity contribution in [3.8, 4) is 0 Å². The van der Waals surface area contributed by atoms with Crippen molar-refractivity contribution in [2.24, 2.45) is 11.8 Å². The van der Waals surface area contributed by atoms with Crippen molar-refractivity contribution < 1.29 is 9.15 Å². The number of hydrogen-bond donors (Lipinski definition) is 2. The number of furan rings is 1. The average molecular weight is 240 g/mol. The molecule has 17 heavy (non-hydrogen) atoms. The quantitative estimate of drug-likeness (QED) is 0.592. The lowest BCUT2D eigenvalue weighted by atomic mass is 9.90. The van der Waals surface area contributed by atoms with Gasteiger partial charge in [0.25, 0.3) is 0 Å². The summed E-state index contributed by atoms with van der Waals surface area (Å²) in [4.78, 5) is 0. The third-order valence-electron chi connectivity index (χ3n) is 3.45. The minimum Gasteiger partial charge on any atom is -0.466 e. The van der Waals surface area contributed by atoms with E-state index in [-0.39, 0.29) is 6.04 Å². The van der Waals surface area contributed by atoms with E-state index in [1.54, 1.807) is 7.11 Å². The first-order chi connectivity index (χ1) is 8.02. The molecular weight excluding hydrogens is 216 g/mol. The molecule has 0 saturated heterocycles. The molecular formula is C13H24N2O2. The van der Waals surface area contributed by atoms with Crippen LogP contribution >= 0.6 is 0 Å². The summed E-state index contributed by atoms with van der Waals surface area (Å²) >= 11 is 0. The third-order valence-corrected chi connectivity index (χ3v) is 3.45. The fourth-order valence-electron chi connectivity index (χ4n) is 2.27. The molecule has 4 heteroatoms. The van der Waals surface area contributed by atoms with Gasteiger partial charge in [0.1, 0.15) is 11.5 Å². The molecule has 2 unspecified atom stereocenters. The fourth-order valence-corrected chi connectivity index (χ4v) is 2.27. The number of ether oxygens (including phenoxy) is 1. The zero-order valence-electron chi connectivity index (χ0n) is 11.5. The third kappa shape index (κ3) is 3.09. The van der Waals surface area contributed by atoms with E-state index >= 15 is 0 Å². The molecule has 0 spiro atoms. The van der Waals surface area contributed by atoms with Gasteiger partial charge in [-0.15, -0.1) is 0 Å². The zero-order chi connectivity index (χ0) is 13.0. The molecule has 1 aromatic heterocycles. The SMILES string of the molecule is COCCC(C)C(NN)c1c(C)oc(C)c1C. The van der Waals surface area contributed by atoms with E-state index in [2.05, 4.69) is 19.3 Å². The van der Waals surface area contributed by atoms with Crippen molar-refractivity contribution in [1.29, 1.82) is 0 Å². The maximum absolute atomic E-state index is 5.69. The highest BCUT2D eigenvalue weighted by atomic mass is 16.5. The minimum atomic E-state index is 0.114. The first-order valence-electron chi connectivity index (χ1n) is 6.04. The first kappa shape index (κ1) is 14.2. The molecule has 0 saturated carbocycles. The van der Waals surface area contributed by atoms with Crippen LogP contribution in [0.5, 0.6) is 0 Å². The van der Waals surface area contributed by atoms with Crippen molar-refractivity contribution in [3.63, 3.8) is 0 Å². The van der Waals surface area contributed by atoms with Gasteiger partial charge in [0.05, 0.1) is 6.04 Å². The predicted molar refractivity (Wildman–Crippen MR) is 68.6 cm³/mol. The zero-order valence-corrected chi connectivity index (χ0v) is 11.5. The van der Waals surface area contributed by atoms with Gasteiger partial charge in [0, 0.05) is 19.3 Å². The fraction of sp³-hybridized carbons (Fsp3) is 0.692. The summed E-state index contributed by atoms with van der Waals surface area (Å²) < 4.78 is 10.8. The molecule has 0 amide bonds. The Labute approximate surface area is 103 Å². The largest absolute Gasteiger partial charge is 0.466 e. The Kier molecular flexibility index (Phi) is 5.18. The number of nitrogens with one attached hydrogen (secondary N) is 1. The Balaban J connectivity index is 2.92. The van der Waals surface area contributed by atoms with Crippen LogP contribution in [0.15, 0.2) is 4.42 Å². The number of methoxy groups -OCH3 is 1. The Morgan fingerprint density at radius 2 is 1.94 bits per heavy atom. The van der Waals surface area contributed by atoms with Gasteiger partial charge in [-0.05, 0) is 38.7 Å². The topological polar surface area (TPSA) is 60.4 Å². The number of nitrogens with two attached hydrogens (primary N) is 1. The molecule has 4 nitrogen and oxygen atoms in total. The molecule has 0 radical (unpaired) electrons. The molecule has 0 aliphatic heterocycles. The normalized spacial score (nSPS) is 14.9. The molecule has 3 N–H and O–H groups in total. The second kappa shape index (κ2) is 6.19. The summed E-state index contributed by atoms with van der Waals surface area (Å²) in [6.07, 6.45) is 0.967. The number of rotatable bonds is 6. The van der Waals surface area contributed by atoms with Crippen LogP contribution in [0.25, 0.3) is 0 Å². The summed E-state index contributed by atoms with van der Waals surface area (Å²) in [6.45, 7) is 8.97. The molecule has 1 rings (SSSR count). The summed E-state index contributed by atoms with van der Waals surface area (Å²) in [5, 5.41) is 0. The molecule has 2 atom stereocenters. The van der Waals surface area contributed by atoms with E-state index in [9.17, 15) is 0 Å². The average Bonchev–Trinajstić information content (AvgIpc) is 2.54. The minimum absolute atomic E-state index is 0.114. The van der Waals surface area contributed by atoms with Crippen LogP contribution in [-0.4, -0.2) is 13.7 Å². The maximum atomic E-state index is 5.69. The number of aryl methyl sites for hydroxylation is 2. The van der Waals surface area contributed by atoms with Gasteiger partial charge in [-0.1, -0.05) is 6.92 Å². The summed E-state index contributed by atoms with van der Waals surface area (Å²) in [5.41, 5.74) is 5.28. The van der Waals surface area contributed by atoms with Gasteiger partial charge >= 0.3 is 0 Å². The maximum Gasteiger partial charge on any atom is 0.106 e. The van der Waals surface area contributed by atoms with E-state index in [1.807, 2.05) is 13.8 Å². The molecule has 0 aromatic carbocycles. The Morgan fingerprint density at radius 1 is 1.29 bits per heavy atom. The number of hydrazine groups is 1. The first-order valence-corrected chi connectivity index (χ1v) is 6.04. The van der Waals surface area contributed by atoms with Crippen LogP contribution in [0.3, 0.4) is 0 Å². The summed E-state index contributed by atoms with van der Waals surface area (Å²) in [7, 11) is 1.72. The lowest BCUT2D eigenvalue weighted by molar-refractivity contribution is 0.170. The highest BCUT2D eigenvalue weighted by molar-refractivity contribution is 5.34. The van der Waals surface area contributed by atoms with Crippen molar-refractivity contribution in [2.45, 2.75) is 40.2 Å². The van der Waals surface area contributed by atoms with E-state index in [0.29, 0.717) is 5.92 Å². The monoisotopic (exact) mass is 240 g/mol. The Bertz CT molecular complexity index is 361. The highest BCUT2D eigenvalue weighted by Crippen LogP contribution is 2.32. The standard InChI is InChI=1S/C13H24N2O2/c1-8(6-7-16-5)13(15-14)12-9(2)10(3)17-11(12)4/h8,13,15H,6-7,14H2,1-5H3. The van der Waals surface area contributed by atoms with Crippen LogP contribution in [0.1, 0.15) is 42.0 Å². The van der Waals surface area contributed by atoms with Crippen molar-refractivity contribution in [3.05, 3.63) is 22.6 Å². The predicted octanol–water partition coefficient (Wildman–Crippen LogP) is 2.38. The van der Waals surface area contributed by atoms with Gasteiger partial charge in [0.2, 0.25) is 0 Å². The lowest BCUT2D eigenvalue weighted by Crippen LogP contribution is -2.33. The second-order valence-electron chi connectivity index (χ2n) is 4.66. The molecule has 0 bridgehead atoms. The molecule has 1 aromatic rings. The van der Waals surface area contributed by atoms with Gasteiger partial charge in [0.15, 0.2) is 0 Å². The lowest BCUT2D eigenvalue weighted by Gasteiger charge is -2.23. The Morgan fingerprint density at radius 3 is 2.35 bits per heavy atom. The van der Waals surface area contributed by atoms with E-state index < -0.39 is 0 Å². The van der Waals surface area contributed by atoms with Crippen LogP contribution in [-0.2, 0) is 4.74 Å². The van der Waals surface area contributed by atoms with Crippen LogP contribution in [0.4, 0.5) is 0 Å². The molecule has 0 aliphatic rings. The summed E-state index contributed by atoms with van der Waals surface area (Å²) in [5.74, 6) is 8.01. The smallest absolute Gasteiger partial charge is 0.106 e. The van der Waals surface area contributed by atoms with Gasteiger partial charge < -0.3 is 9.15 Å². The molecule has 0 aliphatic carbocycles. The van der Waals surface area contributed by atoms with Gasteiger partial charge in [-0.3, -0.25) is 11.3 Å². The molecule has 98 valence electrons. The summed E-state index contributed by atoms with van der Waals surface area (Å²) in [6, 6.07) is 0.114. The van der Waals surface area contributed by atoms with Crippen molar-refractivity contribution >= 4 is 0 Å². The van der Waals surface area contributed by atoms with Gasteiger partial charge in [-0.2, -0.15) is 0 Å². The van der Waals surface area contributed by atoms with Crippen LogP contribution < -0.4 is 11.3 Å². The molecule has 1 heterocycles. The van der Waals surface area contributed by atoms with Crippen molar-refractivity contribution in [2.75, 3.05) is 13.7 Å². The number of hydrogen-bond acceptors (Lipinski definition) is 4. The van der Waals surface area contributed by atoms with E-state index in [1.165, 1.54) is 11.1 Å². The second-order valence-corrected chi connectivity index (χ2v) is 4.66. The van der Waals surface area contributed by atoms with E-state index in [0.717, 1.165) is 24.5 Å².